The van der Waals surface area contributed by atoms with E-state index in [-0.39, 0.29) is 5.75 Å². The highest BCUT2D eigenvalue weighted by molar-refractivity contribution is 5.30. The lowest BCUT2D eigenvalue weighted by Gasteiger charge is -2.11. The average Bonchev–Trinajstić information content (AvgIpc) is 3.16. The first-order valence-electron chi connectivity index (χ1n) is 6.76. The number of hydrogen-bond acceptors (Lipinski definition) is 3. The second-order valence-corrected chi connectivity index (χ2v) is 5.18. The van der Waals surface area contributed by atoms with E-state index in [2.05, 4.69) is 9.55 Å². The normalized spacial score (nSPS) is 16.1. The lowest BCUT2D eigenvalue weighted by Crippen LogP contribution is -2.05. The molecular formula is C15H17FN2O2. The fourth-order valence-electron chi connectivity index (χ4n) is 2.17. The summed E-state index contributed by atoms with van der Waals surface area (Å²) in [6, 6.07) is 5.05. The minimum Gasteiger partial charge on any atom is -0.484 e. The van der Waals surface area contributed by atoms with Gasteiger partial charge in [0, 0.05) is 6.04 Å². The highest BCUT2D eigenvalue weighted by Crippen LogP contribution is 2.35. The third-order valence-corrected chi connectivity index (χ3v) is 3.50. The maximum atomic E-state index is 13.9. The Kier molecular flexibility index (Phi) is 3.44. The van der Waals surface area contributed by atoms with E-state index < -0.39 is 11.9 Å². The minimum absolute atomic E-state index is 0.193. The van der Waals surface area contributed by atoms with Crippen LogP contribution in [0.4, 0.5) is 4.39 Å². The van der Waals surface area contributed by atoms with Gasteiger partial charge in [-0.2, -0.15) is 0 Å². The number of aliphatic hydroxyl groups is 1. The molecule has 1 fully saturated rings. The van der Waals surface area contributed by atoms with Crippen LogP contribution in [0.2, 0.25) is 0 Å². The number of hydrogen-bond donors (Lipinski definition) is 1. The lowest BCUT2D eigenvalue weighted by atomic mass is 10.1. The average molecular weight is 276 g/mol. The second kappa shape index (κ2) is 5.25. The molecule has 5 heteroatoms. The zero-order chi connectivity index (χ0) is 14.1. The van der Waals surface area contributed by atoms with Gasteiger partial charge < -0.3 is 14.4 Å². The molecule has 1 aliphatic rings. The van der Waals surface area contributed by atoms with Gasteiger partial charge in [-0.3, -0.25) is 0 Å². The van der Waals surface area contributed by atoms with Gasteiger partial charge in [-0.25, -0.2) is 9.37 Å². The Hall–Kier alpha value is -1.88. The topological polar surface area (TPSA) is 47.3 Å². The zero-order valence-corrected chi connectivity index (χ0v) is 11.3. The first-order chi connectivity index (χ1) is 9.65. The van der Waals surface area contributed by atoms with Gasteiger partial charge in [0.1, 0.15) is 6.61 Å². The molecule has 1 saturated carbocycles. The number of aromatic nitrogens is 2. The van der Waals surface area contributed by atoms with Crippen molar-refractivity contribution in [1.82, 2.24) is 9.55 Å². The third-order valence-electron chi connectivity index (χ3n) is 3.50. The highest BCUT2D eigenvalue weighted by Gasteiger charge is 2.25. The number of benzene rings is 1. The van der Waals surface area contributed by atoms with Crippen molar-refractivity contribution in [3.8, 4) is 5.75 Å². The van der Waals surface area contributed by atoms with Crippen LogP contribution in [0.25, 0.3) is 0 Å². The molecule has 4 nitrogen and oxygen atoms in total. The Morgan fingerprint density at radius 3 is 2.95 bits per heavy atom. The van der Waals surface area contributed by atoms with Crippen LogP contribution in [0, 0.1) is 5.82 Å². The van der Waals surface area contributed by atoms with Crippen molar-refractivity contribution in [3.05, 3.63) is 47.8 Å². The fraction of sp³-hybridized carbons (Fsp3) is 0.400. The van der Waals surface area contributed by atoms with Crippen LogP contribution in [0.1, 0.15) is 43.2 Å². The van der Waals surface area contributed by atoms with Gasteiger partial charge in [-0.1, -0.05) is 6.07 Å². The number of aliphatic hydroxyl groups excluding tert-OH is 1. The molecule has 1 unspecified atom stereocenters. The van der Waals surface area contributed by atoms with Crippen molar-refractivity contribution in [2.24, 2.45) is 0 Å². The minimum atomic E-state index is -0.685. The molecule has 0 radical (unpaired) electrons. The molecular weight excluding hydrogens is 259 g/mol. The molecule has 1 heterocycles. The van der Waals surface area contributed by atoms with E-state index in [1.54, 1.807) is 31.6 Å². The van der Waals surface area contributed by atoms with E-state index in [4.69, 9.17) is 4.74 Å². The first-order valence-corrected chi connectivity index (χ1v) is 6.76. The van der Waals surface area contributed by atoms with E-state index in [1.165, 1.54) is 18.9 Å². The van der Waals surface area contributed by atoms with Crippen LogP contribution in [0.5, 0.6) is 5.75 Å². The summed E-state index contributed by atoms with van der Waals surface area (Å²) in [7, 11) is 0. The summed E-state index contributed by atoms with van der Waals surface area (Å²) in [5, 5.41) is 9.40. The van der Waals surface area contributed by atoms with E-state index >= 15 is 0 Å². The van der Waals surface area contributed by atoms with Crippen molar-refractivity contribution < 1.29 is 14.2 Å². The predicted molar refractivity (Wildman–Crippen MR) is 71.9 cm³/mol. The van der Waals surface area contributed by atoms with Crippen LogP contribution in [0.3, 0.4) is 0 Å². The summed E-state index contributed by atoms with van der Waals surface area (Å²) >= 11 is 0. The summed E-state index contributed by atoms with van der Waals surface area (Å²) in [6.45, 7) is 1.89. The smallest absolute Gasteiger partial charge is 0.165 e. The van der Waals surface area contributed by atoms with Gasteiger partial charge in [-0.15, -0.1) is 0 Å². The van der Waals surface area contributed by atoms with E-state index in [9.17, 15) is 9.50 Å². The molecule has 0 bridgehead atoms. The maximum Gasteiger partial charge on any atom is 0.165 e. The Bertz CT molecular complexity index is 606. The van der Waals surface area contributed by atoms with Crippen molar-refractivity contribution in [2.75, 3.05) is 0 Å². The number of ether oxygens (including phenoxy) is 1. The Labute approximate surface area is 116 Å². The first kappa shape index (κ1) is 13.1. The van der Waals surface area contributed by atoms with Crippen molar-refractivity contribution in [2.45, 2.75) is 38.5 Å². The van der Waals surface area contributed by atoms with Crippen molar-refractivity contribution in [1.29, 1.82) is 0 Å². The van der Waals surface area contributed by atoms with E-state index in [0.717, 1.165) is 5.69 Å². The summed E-state index contributed by atoms with van der Waals surface area (Å²) in [5.41, 5.74) is 1.49. The predicted octanol–water partition coefficient (Wildman–Crippen LogP) is 2.99. The molecule has 0 amide bonds. The van der Waals surface area contributed by atoms with Gasteiger partial charge in [0.2, 0.25) is 0 Å². The monoisotopic (exact) mass is 276 g/mol. The van der Waals surface area contributed by atoms with Crippen molar-refractivity contribution in [3.63, 3.8) is 0 Å². The zero-order valence-electron chi connectivity index (χ0n) is 11.3. The third kappa shape index (κ3) is 2.67. The van der Waals surface area contributed by atoms with E-state index in [0.29, 0.717) is 18.2 Å². The summed E-state index contributed by atoms with van der Waals surface area (Å²) in [5.74, 6) is -0.265. The van der Waals surface area contributed by atoms with Gasteiger partial charge in [0.05, 0.1) is 24.3 Å². The molecule has 106 valence electrons. The van der Waals surface area contributed by atoms with Gasteiger partial charge >= 0.3 is 0 Å². The van der Waals surface area contributed by atoms with E-state index in [1.807, 2.05) is 0 Å². The van der Waals surface area contributed by atoms with Gasteiger partial charge in [0.25, 0.3) is 0 Å². The maximum absolute atomic E-state index is 13.9. The molecule has 1 aromatic carbocycles. The van der Waals surface area contributed by atoms with Crippen molar-refractivity contribution >= 4 is 0 Å². The SMILES string of the molecule is CC(O)c1ccc(OCc2cncn2C2CC2)c(F)c1. The standard InChI is InChI=1S/C15H17FN2O2/c1-10(19)11-2-5-15(14(16)6-11)20-8-13-7-17-9-18(13)12-3-4-12/h2,5-7,9-10,12,19H,3-4,8H2,1H3. The molecule has 0 spiro atoms. The molecule has 2 aromatic rings. The number of nitrogens with zero attached hydrogens (tertiary/aromatic N) is 2. The molecule has 1 atom stereocenters. The highest BCUT2D eigenvalue weighted by atomic mass is 19.1. The molecule has 1 aromatic heterocycles. The molecule has 1 aliphatic carbocycles. The molecule has 0 aliphatic heterocycles. The summed E-state index contributed by atoms with van der Waals surface area (Å²) in [4.78, 5) is 4.11. The summed E-state index contributed by atoms with van der Waals surface area (Å²) in [6.07, 6.45) is 5.19. The van der Waals surface area contributed by atoms with Crippen LogP contribution < -0.4 is 4.74 Å². The lowest BCUT2D eigenvalue weighted by molar-refractivity contribution is 0.198. The summed E-state index contributed by atoms with van der Waals surface area (Å²) < 4.78 is 21.5. The number of imidazole rings is 1. The number of halogens is 1. The van der Waals surface area contributed by atoms with Crippen LogP contribution in [-0.4, -0.2) is 14.7 Å². The number of rotatable bonds is 5. The molecule has 0 saturated heterocycles. The largest absolute Gasteiger partial charge is 0.484 e. The van der Waals surface area contributed by atoms with Crippen LogP contribution >= 0.6 is 0 Å². The fourth-order valence-corrected chi connectivity index (χ4v) is 2.17. The van der Waals surface area contributed by atoms with Crippen LogP contribution in [-0.2, 0) is 6.61 Å². The molecule has 1 N–H and O–H groups in total. The van der Waals surface area contributed by atoms with Crippen LogP contribution in [0.15, 0.2) is 30.7 Å². The second-order valence-electron chi connectivity index (χ2n) is 5.18. The Balaban J connectivity index is 1.70. The van der Waals surface area contributed by atoms with Gasteiger partial charge in [0.15, 0.2) is 11.6 Å². The molecule has 20 heavy (non-hydrogen) atoms. The molecule has 3 rings (SSSR count). The van der Waals surface area contributed by atoms with Gasteiger partial charge in [-0.05, 0) is 37.5 Å². The Morgan fingerprint density at radius 1 is 1.50 bits per heavy atom. The Morgan fingerprint density at radius 2 is 2.30 bits per heavy atom. The quantitative estimate of drug-likeness (QED) is 0.913.